The van der Waals surface area contributed by atoms with Gasteiger partial charge in [-0.3, -0.25) is 0 Å². The standard InChI is InChI=1S/C16H26N4O3/c1-16(2,3)19-15(22)23-11-12-5-8-20(9-6-12)14-17-7-4-13(10-21)18-14/h4,7,12,21H,5-6,8-11H2,1-3H3,(H,19,22). The zero-order valence-corrected chi connectivity index (χ0v) is 14.1. The number of aliphatic hydroxyl groups is 1. The number of hydrogen-bond donors (Lipinski definition) is 2. The molecule has 0 saturated carbocycles. The third-order valence-electron chi connectivity index (χ3n) is 3.69. The number of piperidine rings is 1. The second kappa shape index (κ2) is 7.59. The van der Waals surface area contributed by atoms with E-state index in [1.807, 2.05) is 20.8 Å². The fourth-order valence-corrected chi connectivity index (χ4v) is 2.46. The number of carbonyl (C=O) groups excluding carboxylic acids is 1. The maximum absolute atomic E-state index is 11.7. The Hall–Kier alpha value is -1.89. The average Bonchev–Trinajstić information content (AvgIpc) is 2.52. The molecule has 1 aromatic rings. The molecule has 2 N–H and O–H groups in total. The van der Waals surface area contributed by atoms with Gasteiger partial charge in [-0.1, -0.05) is 0 Å². The Labute approximate surface area is 137 Å². The van der Waals surface area contributed by atoms with Gasteiger partial charge in [-0.05, 0) is 45.6 Å². The van der Waals surface area contributed by atoms with E-state index >= 15 is 0 Å². The lowest BCUT2D eigenvalue weighted by Gasteiger charge is -2.32. The highest BCUT2D eigenvalue weighted by atomic mass is 16.5. The van der Waals surface area contributed by atoms with Gasteiger partial charge in [0.05, 0.1) is 18.9 Å². The van der Waals surface area contributed by atoms with Crippen molar-refractivity contribution in [3.05, 3.63) is 18.0 Å². The molecule has 1 amide bonds. The number of ether oxygens (including phenoxy) is 1. The highest BCUT2D eigenvalue weighted by Gasteiger charge is 2.23. The Morgan fingerprint density at radius 2 is 2.13 bits per heavy atom. The molecule has 0 aliphatic carbocycles. The number of aliphatic hydroxyl groups excluding tert-OH is 1. The van der Waals surface area contributed by atoms with Crippen LogP contribution in [0, 0.1) is 5.92 Å². The van der Waals surface area contributed by atoms with Gasteiger partial charge in [0.25, 0.3) is 0 Å². The van der Waals surface area contributed by atoms with Crippen LogP contribution in [0.2, 0.25) is 0 Å². The minimum Gasteiger partial charge on any atom is -0.449 e. The highest BCUT2D eigenvalue weighted by molar-refractivity contribution is 5.68. The number of anilines is 1. The van der Waals surface area contributed by atoms with Gasteiger partial charge >= 0.3 is 6.09 Å². The van der Waals surface area contributed by atoms with Crippen LogP contribution in [0.3, 0.4) is 0 Å². The summed E-state index contributed by atoms with van der Waals surface area (Å²) in [5, 5.41) is 11.9. The van der Waals surface area contributed by atoms with E-state index in [0.29, 0.717) is 24.2 Å². The molecule has 0 radical (unpaired) electrons. The number of carbonyl (C=O) groups is 1. The minimum atomic E-state index is -0.362. The second-order valence-electron chi connectivity index (χ2n) is 6.91. The van der Waals surface area contributed by atoms with Gasteiger partial charge in [-0.25, -0.2) is 14.8 Å². The summed E-state index contributed by atoms with van der Waals surface area (Å²) in [6.07, 6.45) is 3.16. The lowest BCUT2D eigenvalue weighted by atomic mass is 9.98. The first kappa shape index (κ1) is 17.5. The summed E-state index contributed by atoms with van der Waals surface area (Å²) in [5.74, 6) is 1.01. The van der Waals surface area contributed by atoms with Gasteiger partial charge in [-0.15, -0.1) is 0 Å². The summed E-state index contributed by atoms with van der Waals surface area (Å²) in [6, 6.07) is 1.71. The zero-order valence-electron chi connectivity index (χ0n) is 14.1. The number of aromatic nitrogens is 2. The van der Waals surface area contributed by atoms with Crippen LogP contribution in [0.4, 0.5) is 10.7 Å². The van der Waals surface area contributed by atoms with Crippen LogP contribution in [-0.4, -0.2) is 46.4 Å². The number of nitrogens with zero attached hydrogens (tertiary/aromatic N) is 3. The average molecular weight is 322 g/mol. The van der Waals surface area contributed by atoms with Crippen molar-refractivity contribution in [2.75, 3.05) is 24.6 Å². The maximum atomic E-state index is 11.7. The molecule has 0 unspecified atom stereocenters. The normalized spacial score (nSPS) is 16.3. The third-order valence-corrected chi connectivity index (χ3v) is 3.69. The van der Waals surface area contributed by atoms with Crippen molar-refractivity contribution in [3.63, 3.8) is 0 Å². The summed E-state index contributed by atoms with van der Waals surface area (Å²) in [4.78, 5) is 22.4. The summed E-state index contributed by atoms with van der Waals surface area (Å²) in [6.45, 7) is 7.78. The highest BCUT2D eigenvalue weighted by Crippen LogP contribution is 2.21. The zero-order chi connectivity index (χ0) is 16.9. The third kappa shape index (κ3) is 5.67. The van der Waals surface area contributed by atoms with E-state index in [-0.39, 0.29) is 18.2 Å². The first-order chi connectivity index (χ1) is 10.9. The molecule has 1 saturated heterocycles. The molecule has 0 spiro atoms. The topological polar surface area (TPSA) is 87.6 Å². The van der Waals surface area contributed by atoms with Crippen LogP contribution in [0.15, 0.2) is 12.3 Å². The predicted octanol–water partition coefficient (Wildman–Crippen LogP) is 1.71. The summed E-state index contributed by atoms with van der Waals surface area (Å²) >= 11 is 0. The van der Waals surface area contributed by atoms with Crippen LogP contribution in [0.25, 0.3) is 0 Å². The Kier molecular flexibility index (Phi) is 5.76. The molecule has 1 fully saturated rings. The van der Waals surface area contributed by atoms with Crippen molar-refractivity contribution < 1.29 is 14.6 Å². The largest absolute Gasteiger partial charge is 0.449 e. The van der Waals surface area contributed by atoms with E-state index in [2.05, 4.69) is 20.2 Å². The van der Waals surface area contributed by atoms with Crippen molar-refractivity contribution in [2.45, 2.75) is 45.8 Å². The van der Waals surface area contributed by atoms with Gasteiger partial charge in [-0.2, -0.15) is 0 Å². The fraction of sp³-hybridized carbons (Fsp3) is 0.688. The Morgan fingerprint density at radius 1 is 1.43 bits per heavy atom. The molecule has 7 heteroatoms. The first-order valence-corrected chi connectivity index (χ1v) is 8.00. The number of hydrogen-bond acceptors (Lipinski definition) is 6. The monoisotopic (exact) mass is 322 g/mol. The number of alkyl carbamates (subject to hydrolysis) is 1. The first-order valence-electron chi connectivity index (χ1n) is 8.00. The van der Waals surface area contributed by atoms with E-state index in [4.69, 9.17) is 9.84 Å². The molecule has 2 heterocycles. The van der Waals surface area contributed by atoms with Gasteiger partial charge in [0, 0.05) is 24.8 Å². The van der Waals surface area contributed by atoms with Crippen molar-refractivity contribution in [1.29, 1.82) is 0 Å². The Balaban J connectivity index is 1.76. The predicted molar refractivity (Wildman–Crippen MR) is 87.1 cm³/mol. The maximum Gasteiger partial charge on any atom is 0.407 e. The van der Waals surface area contributed by atoms with Crippen molar-refractivity contribution >= 4 is 12.0 Å². The molecular formula is C16H26N4O3. The molecule has 128 valence electrons. The summed E-state index contributed by atoms with van der Waals surface area (Å²) < 4.78 is 5.30. The quantitative estimate of drug-likeness (QED) is 0.877. The van der Waals surface area contributed by atoms with Gasteiger partial charge in [0.1, 0.15) is 0 Å². The van der Waals surface area contributed by atoms with Crippen molar-refractivity contribution in [2.24, 2.45) is 5.92 Å². The smallest absolute Gasteiger partial charge is 0.407 e. The summed E-state index contributed by atoms with van der Waals surface area (Å²) in [7, 11) is 0. The fourth-order valence-electron chi connectivity index (χ4n) is 2.46. The number of amides is 1. The summed E-state index contributed by atoms with van der Waals surface area (Å²) in [5.41, 5.74) is 0.342. The van der Waals surface area contributed by atoms with Crippen molar-refractivity contribution in [3.8, 4) is 0 Å². The van der Waals surface area contributed by atoms with Gasteiger partial charge < -0.3 is 20.1 Å². The number of nitrogens with one attached hydrogen (secondary N) is 1. The number of rotatable bonds is 4. The molecule has 1 aliphatic heterocycles. The SMILES string of the molecule is CC(C)(C)NC(=O)OCC1CCN(c2nccc(CO)n2)CC1. The molecule has 0 aromatic carbocycles. The van der Waals surface area contributed by atoms with Gasteiger partial charge in [0.2, 0.25) is 5.95 Å². The van der Waals surface area contributed by atoms with Crippen LogP contribution in [0.1, 0.15) is 39.3 Å². The molecule has 7 nitrogen and oxygen atoms in total. The van der Waals surface area contributed by atoms with Crippen LogP contribution >= 0.6 is 0 Å². The van der Waals surface area contributed by atoms with E-state index in [1.54, 1.807) is 12.3 Å². The Bertz CT molecular complexity index is 522. The van der Waals surface area contributed by atoms with Crippen LogP contribution in [-0.2, 0) is 11.3 Å². The van der Waals surface area contributed by atoms with E-state index in [1.165, 1.54) is 0 Å². The van der Waals surface area contributed by atoms with Crippen LogP contribution in [0.5, 0.6) is 0 Å². The Morgan fingerprint density at radius 3 is 2.74 bits per heavy atom. The van der Waals surface area contributed by atoms with E-state index < -0.39 is 0 Å². The van der Waals surface area contributed by atoms with Crippen LogP contribution < -0.4 is 10.2 Å². The second-order valence-corrected chi connectivity index (χ2v) is 6.91. The molecule has 1 aromatic heterocycles. The molecular weight excluding hydrogens is 296 g/mol. The van der Waals surface area contributed by atoms with Crippen molar-refractivity contribution in [1.82, 2.24) is 15.3 Å². The lowest BCUT2D eigenvalue weighted by molar-refractivity contribution is 0.113. The molecule has 0 atom stereocenters. The van der Waals surface area contributed by atoms with E-state index in [9.17, 15) is 4.79 Å². The lowest BCUT2D eigenvalue weighted by Crippen LogP contribution is -2.42. The molecule has 2 rings (SSSR count). The minimum absolute atomic E-state index is 0.0806. The van der Waals surface area contributed by atoms with Gasteiger partial charge in [0.15, 0.2) is 0 Å². The van der Waals surface area contributed by atoms with E-state index in [0.717, 1.165) is 25.9 Å². The molecule has 1 aliphatic rings. The molecule has 23 heavy (non-hydrogen) atoms. The molecule has 0 bridgehead atoms.